The second kappa shape index (κ2) is 5.38. The third-order valence-corrected chi connectivity index (χ3v) is 5.50. The van der Waals surface area contributed by atoms with Gasteiger partial charge >= 0.3 is 5.97 Å². The Kier molecular flexibility index (Phi) is 4.52. The highest BCUT2D eigenvalue weighted by Gasteiger charge is 2.29. The molecule has 0 saturated heterocycles. The van der Waals surface area contributed by atoms with E-state index in [-0.39, 0.29) is 0 Å². The number of thiophene rings is 1. The molecule has 1 rings (SSSR count). The van der Waals surface area contributed by atoms with Crippen LogP contribution in [0.4, 0.5) is 0 Å². The molecular weight excluding hydrogens is 274 g/mol. The first-order valence-electron chi connectivity index (χ1n) is 5.46. The number of nitrogens with one attached hydrogen (secondary N) is 1. The highest BCUT2D eigenvalue weighted by molar-refractivity contribution is 7.90. The summed E-state index contributed by atoms with van der Waals surface area (Å²) < 4.78 is 26.0. The lowest BCUT2D eigenvalue weighted by Gasteiger charge is -2.16. The molecule has 0 aromatic carbocycles. The number of hydrogen-bond donors (Lipinski definition) is 2. The zero-order valence-electron chi connectivity index (χ0n) is 10.7. The number of rotatable bonds is 5. The molecule has 1 heterocycles. The Morgan fingerprint density at radius 1 is 1.39 bits per heavy atom. The third-order valence-electron chi connectivity index (χ3n) is 2.70. The topological polar surface area (TPSA) is 83.5 Å². The van der Waals surface area contributed by atoms with Crippen molar-refractivity contribution in [3.05, 3.63) is 21.4 Å². The Morgan fingerprint density at radius 3 is 2.33 bits per heavy atom. The quantitative estimate of drug-likeness (QED) is 0.866. The van der Waals surface area contributed by atoms with Crippen molar-refractivity contribution in [2.75, 3.05) is 0 Å². The van der Waals surface area contributed by atoms with Crippen LogP contribution in [0.25, 0.3) is 0 Å². The van der Waals surface area contributed by atoms with Gasteiger partial charge in [-0.15, -0.1) is 11.3 Å². The van der Waals surface area contributed by atoms with E-state index in [9.17, 15) is 13.2 Å². The molecule has 0 aliphatic carbocycles. The first kappa shape index (κ1) is 15.1. The van der Waals surface area contributed by atoms with Gasteiger partial charge in [-0.25, -0.2) is 13.1 Å². The maximum Gasteiger partial charge on any atom is 0.323 e. The van der Waals surface area contributed by atoms with Gasteiger partial charge in [0.15, 0.2) is 5.25 Å². The average molecular weight is 291 g/mol. The predicted molar refractivity (Wildman–Crippen MR) is 71.4 cm³/mol. The van der Waals surface area contributed by atoms with Crippen molar-refractivity contribution in [3.8, 4) is 0 Å². The standard InChI is InChI=1S/C11H17NO4S2/c1-6-5-10(8(3)17-6)7(2)12-18(15,16)9(4)11(13)14/h5,7,9,12H,1-4H3,(H,13,14). The van der Waals surface area contributed by atoms with Crippen LogP contribution < -0.4 is 4.72 Å². The normalized spacial score (nSPS) is 15.3. The number of hydrogen-bond acceptors (Lipinski definition) is 4. The Labute approximate surface area is 111 Å². The summed E-state index contributed by atoms with van der Waals surface area (Å²) in [5, 5.41) is 7.28. The third kappa shape index (κ3) is 3.30. The predicted octanol–water partition coefficient (Wildman–Crippen LogP) is 1.82. The summed E-state index contributed by atoms with van der Waals surface area (Å²) >= 11 is 1.59. The van der Waals surface area contributed by atoms with Crippen LogP contribution in [0.5, 0.6) is 0 Å². The molecule has 0 aliphatic heterocycles. The molecule has 1 aromatic rings. The number of carboxylic acids is 1. The van der Waals surface area contributed by atoms with E-state index in [2.05, 4.69) is 4.72 Å². The highest BCUT2D eigenvalue weighted by Crippen LogP contribution is 2.26. The molecule has 2 unspecified atom stereocenters. The Hall–Kier alpha value is -0.920. The smallest absolute Gasteiger partial charge is 0.323 e. The molecule has 102 valence electrons. The lowest BCUT2D eigenvalue weighted by Crippen LogP contribution is -2.38. The van der Waals surface area contributed by atoms with Gasteiger partial charge in [0, 0.05) is 15.8 Å². The molecule has 0 fully saturated rings. The lowest BCUT2D eigenvalue weighted by molar-refractivity contribution is -0.136. The van der Waals surface area contributed by atoms with Crippen molar-refractivity contribution in [2.45, 2.75) is 39.0 Å². The summed E-state index contributed by atoms with van der Waals surface area (Å²) in [6.07, 6.45) is 0. The molecule has 0 saturated carbocycles. The van der Waals surface area contributed by atoms with Crippen molar-refractivity contribution in [1.82, 2.24) is 4.72 Å². The van der Waals surface area contributed by atoms with Crippen molar-refractivity contribution >= 4 is 27.3 Å². The maximum absolute atomic E-state index is 11.8. The van der Waals surface area contributed by atoms with E-state index in [1.54, 1.807) is 18.3 Å². The summed E-state index contributed by atoms with van der Waals surface area (Å²) in [4.78, 5) is 12.8. The van der Waals surface area contributed by atoms with Crippen LogP contribution in [-0.2, 0) is 14.8 Å². The Morgan fingerprint density at radius 2 is 1.94 bits per heavy atom. The summed E-state index contributed by atoms with van der Waals surface area (Å²) in [7, 11) is -3.86. The van der Waals surface area contributed by atoms with Gasteiger partial charge < -0.3 is 5.11 Å². The molecule has 0 spiro atoms. The number of aliphatic carboxylic acids is 1. The fourth-order valence-electron chi connectivity index (χ4n) is 1.63. The van der Waals surface area contributed by atoms with E-state index in [1.165, 1.54) is 0 Å². The van der Waals surface area contributed by atoms with Crippen LogP contribution in [0.2, 0.25) is 0 Å². The van der Waals surface area contributed by atoms with Gasteiger partial charge in [0.25, 0.3) is 0 Å². The average Bonchev–Trinajstić information content (AvgIpc) is 2.55. The van der Waals surface area contributed by atoms with Crippen LogP contribution in [-0.4, -0.2) is 24.7 Å². The minimum Gasteiger partial charge on any atom is -0.480 e. The van der Waals surface area contributed by atoms with E-state index in [4.69, 9.17) is 5.11 Å². The fraction of sp³-hybridized carbons (Fsp3) is 0.545. The maximum atomic E-state index is 11.8. The first-order chi connectivity index (χ1) is 8.15. The molecule has 2 atom stereocenters. The minimum absolute atomic E-state index is 0.429. The van der Waals surface area contributed by atoms with E-state index in [1.807, 2.05) is 19.9 Å². The van der Waals surface area contributed by atoms with E-state index >= 15 is 0 Å². The van der Waals surface area contributed by atoms with Gasteiger partial charge in [-0.2, -0.15) is 0 Å². The number of sulfonamides is 1. The van der Waals surface area contributed by atoms with Gasteiger partial charge in [-0.1, -0.05) is 0 Å². The van der Waals surface area contributed by atoms with Gasteiger partial charge in [0.1, 0.15) is 0 Å². The molecule has 1 aromatic heterocycles. The van der Waals surface area contributed by atoms with Crippen molar-refractivity contribution in [2.24, 2.45) is 0 Å². The number of aryl methyl sites for hydroxylation is 2. The highest BCUT2D eigenvalue weighted by atomic mass is 32.2. The number of carboxylic acid groups (broad SMARTS) is 1. The van der Waals surface area contributed by atoms with Crippen LogP contribution in [0, 0.1) is 13.8 Å². The molecule has 0 radical (unpaired) electrons. The largest absolute Gasteiger partial charge is 0.480 e. The van der Waals surface area contributed by atoms with E-state index in [0.717, 1.165) is 22.2 Å². The fourth-order valence-corrected chi connectivity index (χ4v) is 3.74. The summed E-state index contributed by atoms with van der Waals surface area (Å²) in [5.74, 6) is -1.35. The van der Waals surface area contributed by atoms with Crippen LogP contribution >= 0.6 is 11.3 Å². The minimum atomic E-state index is -3.86. The van der Waals surface area contributed by atoms with Crippen molar-refractivity contribution < 1.29 is 18.3 Å². The Balaban J connectivity index is 2.92. The SMILES string of the molecule is Cc1cc(C(C)NS(=O)(=O)C(C)C(=O)O)c(C)s1. The second-order valence-electron chi connectivity index (χ2n) is 4.23. The molecule has 18 heavy (non-hydrogen) atoms. The summed E-state index contributed by atoms with van der Waals surface area (Å²) in [6, 6.07) is 1.49. The molecule has 2 N–H and O–H groups in total. The molecule has 7 heteroatoms. The molecule has 0 amide bonds. The molecule has 5 nitrogen and oxygen atoms in total. The van der Waals surface area contributed by atoms with Crippen LogP contribution in [0.15, 0.2) is 6.07 Å². The van der Waals surface area contributed by atoms with E-state index < -0.39 is 27.3 Å². The number of carbonyl (C=O) groups is 1. The summed E-state index contributed by atoms with van der Waals surface area (Å²) in [5.41, 5.74) is 0.888. The van der Waals surface area contributed by atoms with Gasteiger partial charge in [0.2, 0.25) is 10.0 Å². The lowest BCUT2D eigenvalue weighted by atomic mass is 10.1. The van der Waals surface area contributed by atoms with E-state index in [0.29, 0.717) is 0 Å². The van der Waals surface area contributed by atoms with Crippen molar-refractivity contribution in [3.63, 3.8) is 0 Å². The zero-order chi connectivity index (χ0) is 14.1. The Bertz CT molecular complexity index is 547. The summed E-state index contributed by atoms with van der Waals surface area (Å²) in [6.45, 7) is 6.73. The second-order valence-corrected chi connectivity index (χ2v) is 7.73. The first-order valence-corrected chi connectivity index (χ1v) is 7.82. The zero-order valence-corrected chi connectivity index (χ0v) is 12.4. The molecule has 0 aliphatic rings. The van der Waals surface area contributed by atoms with Gasteiger partial charge in [-0.05, 0) is 39.3 Å². The van der Waals surface area contributed by atoms with Crippen LogP contribution in [0.1, 0.15) is 35.2 Å². The van der Waals surface area contributed by atoms with Gasteiger partial charge in [0.05, 0.1) is 0 Å². The van der Waals surface area contributed by atoms with Crippen molar-refractivity contribution in [1.29, 1.82) is 0 Å². The molecular formula is C11H17NO4S2. The van der Waals surface area contributed by atoms with Gasteiger partial charge in [-0.3, -0.25) is 4.79 Å². The van der Waals surface area contributed by atoms with Crippen LogP contribution in [0.3, 0.4) is 0 Å². The molecule has 0 bridgehead atoms. The monoisotopic (exact) mass is 291 g/mol.